The Morgan fingerprint density at radius 2 is 1.22 bits per heavy atom. The van der Waals surface area contributed by atoms with Crippen LogP contribution in [0.2, 0.25) is 0 Å². The third-order valence-electron chi connectivity index (χ3n) is 3.74. The molecule has 0 N–H and O–H groups in total. The normalized spacial score (nSPS) is 12.6. The molecule has 0 aromatic heterocycles. The lowest BCUT2D eigenvalue weighted by Gasteiger charge is -2.21. The molecule has 0 saturated heterocycles. The van der Waals surface area contributed by atoms with Crippen molar-refractivity contribution >= 4 is 0 Å². The molecule has 2 aromatic rings. The van der Waals surface area contributed by atoms with Crippen molar-refractivity contribution in [1.82, 2.24) is 0 Å². The molecular formula is C18H22. The maximum absolute atomic E-state index is 2.35. The fourth-order valence-electron chi connectivity index (χ4n) is 2.40. The third kappa shape index (κ3) is 3.22. The van der Waals surface area contributed by atoms with Crippen molar-refractivity contribution in [2.45, 2.75) is 32.6 Å². The monoisotopic (exact) mass is 238 g/mol. The fourth-order valence-corrected chi connectivity index (χ4v) is 2.40. The Morgan fingerprint density at radius 3 is 1.61 bits per heavy atom. The van der Waals surface area contributed by atoms with Crippen molar-refractivity contribution in [2.24, 2.45) is 5.92 Å². The van der Waals surface area contributed by atoms with E-state index in [4.69, 9.17) is 0 Å². The van der Waals surface area contributed by atoms with Gasteiger partial charge in [-0.3, -0.25) is 0 Å². The lowest BCUT2D eigenvalue weighted by molar-refractivity contribution is 0.484. The molecule has 0 spiro atoms. The molecule has 18 heavy (non-hydrogen) atoms. The zero-order chi connectivity index (χ0) is 12.8. The van der Waals surface area contributed by atoms with Gasteiger partial charge in [-0.15, -0.1) is 0 Å². The molecule has 0 heteroatoms. The Bertz CT molecular complexity index is 404. The molecule has 94 valence electrons. The van der Waals surface area contributed by atoms with E-state index in [2.05, 4.69) is 74.5 Å². The van der Waals surface area contributed by atoms with E-state index in [1.807, 2.05) is 0 Å². The zero-order valence-corrected chi connectivity index (χ0v) is 11.3. The van der Waals surface area contributed by atoms with Crippen molar-refractivity contribution in [3.8, 4) is 0 Å². The van der Waals surface area contributed by atoms with Gasteiger partial charge in [0.05, 0.1) is 0 Å². The highest BCUT2D eigenvalue weighted by Gasteiger charge is 2.16. The van der Waals surface area contributed by atoms with Crippen LogP contribution >= 0.6 is 0 Å². The van der Waals surface area contributed by atoms with Gasteiger partial charge >= 0.3 is 0 Å². The first-order valence-corrected chi connectivity index (χ1v) is 6.91. The molecule has 0 aliphatic heterocycles. The van der Waals surface area contributed by atoms with Gasteiger partial charge in [0.15, 0.2) is 0 Å². The van der Waals surface area contributed by atoms with Crippen LogP contribution in [0.15, 0.2) is 60.7 Å². The van der Waals surface area contributed by atoms with E-state index in [1.165, 1.54) is 24.0 Å². The van der Waals surface area contributed by atoms with E-state index in [9.17, 15) is 0 Å². The van der Waals surface area contributed by atoms with Gasteiger partial charge in [0.1, 0.15) is 0 Å². The van der Waals surface area contributed by atoms with Crippen LogP contribution in [-0.4, -0.2) is 0 Å². The van der Waals surface area contributed by atoms with Gasteiger partial charge in [-0.1, -0.05) is 80.9 Å². The number of hydrogen-bond donors (Lipinski definition) is 0. The summed E-state index contributed by atoms with van der Waals surface area (Å²) < 4.78 is 0. The maximum atomic E-state index is 2.35. The van der Waals surface area contributed by atoms with Crippen molar-refractivity contribution in [2.75, 3.05) is 0 Å². The Balaban J connectivity index is 2.29. The number of benzene rings is 2. The van der Waals surface area contributed by atoms with Gasteiger partial charge in [-0.05, 0) is 23.5 Å². The maximum Gasteiger partial charge on any atom is 0.00918 e. The van der Waals surface area contributed by atoms with Crippen LogP contribution in [0, 0.1) is 5.92 Å². The van der Waals surface area contributed by atoms with Crippen molar-refractivity contribution in [3.05, 3.63) is 71.8 Å². The topological polar surface area (TPSA) is 0 Å². The Labute approximate surface area is 111 Å². The van der Waals surface area contributed by atoms with Gasteiger partial charge in [0.25, 0.3) is 0 Å². The number of hydrogen-bond acceptors (Lipinski definition) is 0. The summed E-state index contributed by atoms with van der Waals surface area (Å²) in [6, 6.07) is 21.7. The van der Waals surface area contributed by atoms with Gasteiger partial charge < -0.3 is 0 Å². The summed E-state index contributed by atoms with van der Waals surface area (Å²) in [7, 11) is 0. The molecule has 0 bridgehead atoms. The predicted octanol–water partition coefficient (Wildman–Crippen LogP) is 5.25. The first-order chi connectivity index (χ1) is 8.81. The SMILES string of the molecule is CCC(C)CC(c1ccccc1)c1ccccc1. The second-order valence-corrected chi connectivity index (χ2v) is 5.12. The highest BCUT2D eigenvalue weighted by Crippen LogP contribution is 2.31. The molecule has 2 aromatic carbocycles. The van der Waals surface area contributed by atoms with Crippen LogP contribution in [0.5, 0.6) is 0 Å². The molecule has 0 heterocycles. The predicted molar refractivity (Wildman–Crippen MR) is 78.8 cm³/mol. The minimum Gasteiger partial charge on any atom is -0.0651 e. The minimum absolute atomic E-state index is 0.530. The van der Waals surface area contributed by atoms with Crippen molar-refractivity contribution in [1.29, 1.82) is 0 Å². The van der Waals surface area contributed by atoms with E-state index in [1.54, 1.807) is 0 Å². The molecule has 2 rings (SSSR count). The first-order valence-electron chi connectivity index (χ1n) is 6.91. The smallest absolute Gasteiger partial charge is 0.00918 e. The van der Waals surface area contributed by atoms with Crippen molar-refractivity contribution < 1.29 is 0 Å². The Kier molecular flexibility index (Phi) is 4.58. The Morgan fingerprint density at radius 1 is 0.778 bits per heavy atom. The minimum atomic E-state index is 0.530. The Hall–Kier alpha value is -1.56. The van der Waals surface area contributed by atoms with Gasteiger partial charge in [0, 0.05) is 5.92 Å². The molecule has 0 saturated carbocycles. The van der Waals surface area contributed by atoms with E-state index in [-0.39, 0.29) is 0 Å². The van der Waals surface area contributed by atoms with Crippen molar-refractivity contribution in [3.63, 3.8) is 0 Å². The summed E-state index contributed by atoms with van der Waals surface area (Å²) in [5.74, 6) is 1.29. The first kappa shape index (κ1) is 12.9. The lowest BCUT2D eigenvalue weighted by atomic mass is 9.83. The van der Waals surface area contributed by atoms with Crippen LogP contribution in [0.1, 0.15) is 43.7 Å². The molecular weight excluding hydrogens is 216 g/mol. The van der Waals surface area contributed by atoms with E-state index >= 15 is 0 Å². The molecule has 1 atom stereocenters. The molecule has 0 amide bonds. The molecule has 0 fully saturated rings. The second kappa shape index (κ2) is 6.39. The molecule has 0 aliphatic rings. The van der Waals surface area contributed by atoms with Crippen LogP contribution < -0.4 is 0 Å². The molecule has 0 radical (unpaired) electrons. The standard InChI is InChI=1S/C18H22/c1-3-15(2)14-18(16-10-6-4-7-11-16)17-12-8-5-9-13-17/h4-13,15,18H,3,14H2,1-2H3. The van der Waals surface area contributed by atoms with Gasteiger partial charge in [0.2, 0.25) is 0 Å². The highest BCUT2D eigenvalue weighted by atomic mass is 14.2. The van der Waals surface area contributed by atoms with Gasteiger partial charge in [-0.2, -0.15) is 0 Å². The summed E-state index contributed by atoms with van der Waals surface area (Å²) in [4.78, 5) is 0. The quantitative estimate of drug-likeness (QED) is 0.667. The summed E-state index contributed by atoms with van der Waals surface area (Å²) in [5, 5.41) is 0. The van der Waals surface area contributed by atoms with E-state index in [0.29, 0.717) is 5.92 Å². The zero-order valence-electron chi connectivity index (χ0n) is 11.3. The summed E-state index contributed by atoms with van der Waals surface area (Å²) >= 11 is 0. The second-order valence-electron chi connectivity index (χ2n) is 5.12. The van der Waals surface area contributed by atoms with E-state index < -0.39 is 0 Å². The third-order valence-corrected chi connectivity index (χ3v) is 3.74. The highest BCUT2D eigenvalue weighted by molar-refractivity contribution is 5.32. The van der Waals surface area contributed by atoms with Crippen LogP contribution in [0.25, 0.3) is 0 Å². The molecule has 1 unspecified atom stereocenters. The number of rotatable bonds is 5. The van der Waals surface area contributed by atoms with E-state index in [0.717, 1.165) is 5.92 Å². The lowest BCUT2D eigenvalue weighted by Crippen LogP contribution is -2.06. The summed E-state index contributed by atoms with van der Waals surface area (Å²) in [6.07, 6.45) is 2.47. The molecule has 0 aliphatic carbocycles. The van der Waals surface area contributed by atoms with Crippen LogP contribution in [0.4, 0.5) is 0 Å². The summed E-state index contributed by atoms with van der Waals surface area (Å²) in [6.45, 7) is 4.62. The van der Waals surface area contributed by atoms with Crippen LogP contribution in [0.3, 0.4) is 0 Å². The summed E-state index contributed by atoms with van der Waals surface area (Å²) in [5.41, 5.74) is 2.87. The largest absolute Gasteiger partial charge is 0.0651 e. The molecule has 0 nitrogen and oxygen atoms in total. The average molecular weight is 238 g/mol. The fraction of sp³-hybridized carbons (Fsp3) is 0.333. The van der Waals surface area contributed by atoms with Gasteiger partial charge in [-0.25, -0.2) is 0 Å². The average Bonchev–Trinajstić information content (AvgIpc) is 2.46. The van der Waals surface area contributed by atoms with Crippen LogP contribution in [-0.2, 0) is 0 Å².